The van der Waals surface area contributed by atoms with E-state index in [1.54, 1.807) is 0 Å². The van der Waals surface area contributed by atoms with Crippen molar-refractivity contribution < 1.29 is 9.53 Å². The van der Waals surface area contributed by atoms with E-state index < -0.39 is 0 Å². The summed E-state index contributed by atoms with van der Waals surface area (Å²) in [5, 5.41) is 13.2. The Hall–Kier alpha value is -3.15. The Morgan fingerprint density at radius 1 is 1.37 bits per heavy atom. The summed E-state index contributed by atoms with van der Waals surface area (Å²) in [4.78, 5) is 18.1. The largest absolute Gasteiger partial charge is 0.397 e. The zero-order valence-electron chi connectivity index (χ0n) is 16.7. The molecule has 30 heavy (non-hydrogen) atoms. The van der Waals surface area contributed by atoms with Crippen LogP contribution in [0.15, 0.2) is 24.3 Å². The van der Waals surface area contributed by atoms with Crippen molar-refractivity contribution in [2.24, 2.45) is 0 Å². The molecule has 8 heteroatoms. The highest BCUT2D eigenvalue weighted by Gasteiger charge is 2.25. The molecule has 5 N–H and O–H groups in total. The lowest BCUT2D eigenvalue weighted by Crippen LogP contribution is -2.31. The highest BCUT2D eigenvalue weighted by atomic mass is 32.1. The van der Waals surface area contributed by atoms with Gasteiger partial charge in [0.1, 0.15) is 27.2 Å². The van der Waals surface area contributed by atoms with Crippen molar-refractivity contribution in [3.05, 3.63) is 40.3 Å². The predicted molar refractivity (Wildman–Crippen MR) is 119 cm³/mol. The lowest BCUT2D eigenvalue weighted by molar-refractivity contribution is 0.0862. The third-order valence-corrected chi connectivity index (χ3v) is 6.49. The molecule has 3 heterocycles. The van der Waals surface area contributed by atoms with Crippen LogP contribution in [0.25, 0.3) is 21.3 Å². The number of aromatic nitrogens is 1. The summed E-state index contributed by atoms with van der Waals surface area (Å²) >= 11 is 1.19. The van der Waals surface area contributed by atoms with Crippen molar-refractivity contribution in [3.63, 3.8) is 0 Å². The van der Waals surface area contributed by atoms with Gasteiger partial charge in [-0.15, -0.1) is 11.3 Å². The number of nitrogens with two attached hydrogens (primary N) is 2. The van der Waals surface area contributed by atoms with Gasteiger partial charge in [0.15, 0.2) is 0 Å². The predicted octanol–water partition coefficient (Wildman–Crippen LogP) is 3.47. The maximum absolute atomic E-state index is 12.8. The highest BCUT2D eigenvalue weighted by molar-refractivity contribution is 7.21. The molecule has 4 rings (SSSR count). The monoisotopic (exact) mass is 421 g/mol. The Labute approximate surface area is 178 Å². The Bertz CT molecular complexity index is 1140. The molecule has 1 aliphatic heterocycles. The molecule has 0 aliphatic carbocycles. The number of benzene rings is 1. The molecule has 0 spiro atoms. The van der Waals surface area contributed by atoms with E-state index in [9.17, 15) is 10.1 Å². The fourth-order valence-corrected chi connectivity index (χ4v) is 4.77. The molecule has 1 aromatic carbocycles. The zero-order chi connectivity index (χ0) is 21.3. The SMILES string of the molecule is CCc1ccc(-c2c(C#N)c(N)nc3sc(C(=O)NCC4CCCO4)c(N)c23)cc1. The van der Waals surface area contributed by atoms with E-state index in [0.717, 1.165) is 31.4 Å². The number of nitrogen functional groups attached to an aromatic ring is 2. The highest BCUT2D eigenvalue weighted by Crippen LogP contribution is 2.42. The van der Waals surface area contributed by atoms with Crippen LogP contribution in [0.5, 0.6) is 0 Å². The van der Waals surface area contributed by atoms with Gasteiger partial charge in [-0.2, -0.15) is 5.26 Å². The van der Waals surface area contributed by atoms with Crippen molar-refractivity contribution in [3.8, 4) is 17.2 Å². The van der Waals surface area contributed by atoms with Gasteiger partial charge in [0.05, 0.1) is 11.8 Å². The number of rotatable bonds is 5. The van der Waals surface area contributed by atoms with Crippen LogP contribution >= 0.6 is 11.3 Å². The summed E-state index contributed by atoms with van der Waals surface area (Å²) in [5.74, 6) is -0.137. The number of amides is 1. The number of hydrogen-bond donors (Lipinski definition) is 3. The van der Waals surface area contributed by atoms with Crippen LogP contribution in [-0.2, 0) is 11.2 Å². The smallest absolute Gasteiger partial charge is 0.263 e. The van der Waals surface area contributed by atoms with Crippen LogP contribution < -0.4 is 16.8 Å². The minimum absolute atomic E-state index is 0.0381. The molecular formula is C22H23N5O2S. The van der Waals surface area contributed by atoms with Crippen molar-refractivity contribution in [1.82, 2.24) is 10.3 Å². The molecule has 0 radical (unpaired) electrons. The summed E-state index contributed by atoms with van der Waals surface area (Å²) in [6.45, 7) is 3.25. The van der Waals surface area contributed by atoms with Crippen LogP contribution in [-0.4, -0.2) is 30.1 Å². The molecule has 7 nitrogen and oxygen atoms in total. The van der Waals surface area contributed by atoms with Crippen molar-refractivity contribution >= 4 is 39.0 Å². The molecule has 2 aromatic heterocycles. The molecule has 0 saturated carbocycles. The minimum atomic E-state index is -0.268. The second kappa shape index (κ2) is 8.30. The van der Waals surface area contributed by atoms with Gasteiger partial charge in [-0.1, -0.05) is 31.2 Å². The number of fused-ring (bicyclic) bond motifs is 1. The van der Waals surface area contributed by atoms with Gasteiger partial charge in [-0.25, -0.2) is 4.98 Å². The maximum Gasteiger partial charge on any atom is 0.263 e. The number of pyridine rings is 1. The molecule has 3 aromatic rings. The number of aryl methyl sites for hydroxylation is 1. The van der Waals surface area contributed by atoms with Crippen molar-refractivity contribution in [2.45, 2.75) is 32.3 Å². The van der Waals surface area contributed by atoms with E-state index in [-0.39, 0.29) is 23.4 Å². The molecule has 1 fully saturated rings. The van der Waals surface area contributed by atoms with Crippen LogP contribution in [0.2, 0.25) is 0 Å². The second-order valence-corrected chi connectivity index (χ2v) is 8.28. The van der Waals surface area contributed by atoms with E-state index in [1.165, 1.54) is 16.9 Å². The van der Waals surface area contributed by atoms with E-state index in [2.05, 4.69) is 23.3 Å². The fraction of sp³-hybridized carbons (Fsp3) is 0.318. The number of nitrogens with one attached hydrogen (secondary N) is 1. The van der Waals surface area contributed by atoms with E-state index >= 15 is 0 Å². The number of anilines is 2. The molecule has 1 atom stereocenters. The summed E-state index contributed by atoms with van der Waals surface area (Å²) in [7, 11) is 0. The number of carbonyl (C=O) groups is 1. The third-order valence-electron chi connectivity index (χ3n) is 5.39. The fourth-order valence-electron chi connectivity index (χ4n) is 3.74. The van der Waals surface area contributed by atoms with Gasteiger partial charge in [0.2, 0.25) is 0 Å². The Morgan fingerprint density at radius 2 is 2.13 bits per heavy atom. The first-order valence-electron chi connectivity index (χ1n) is 9.94. The molecule has 0 bridgehead atoms. The number of nitriles is 1. The molecule has 1 saturated heterocycles. The molecular weight excluding hydrogens is 398 g/mol. The Morgan fingerprint density at radius 3 is 2.77 bits per heavy atom. The standard InChI is InChI=1S/C22H23N5O2S/c1-2-12-5-7-13(8-6-12)16-15(10-23)20(25)27-22-17(16)18(24)19(30-22)21(28)26-11-14-4-3-9-29-14/h5-8,14H,2-4,9,11,24H2,1H3,(H2,25,27)(H,26,28). The molecule has 154 valence electrons. The van der Waals surface area contributed by atoms with Crippen LogP contribution in [0.4, 0.5) is 11.5 Å². The normalized spacial score (nSPS) is 15.9. The molecule has 1 amide bonds. The Kier molecular flexibility index (Phi) is 5.57. The van der Waals surface area contributed by atoms with Crippen molar-refractivity contribution in [2.75, 3.05) is 24.6 Å². The van der Waals surface area contributed by atoms with Crippen LogP contribution in [0, 0.1) is 11.3 Å². The van der Waals surface area contributed by atoms with Gasteiger partial charge in [0.25, 0.3) is 5.91 Å². The number of thiophene rings is 1. The zero-order valence-corrected chi connectivity index (χ0v) is 17.5. The summed E-state index contributed by atoms with van der Waals surface area (Å²) in [5.41, 5.74) is 15.7. The minimum Gasteiger partial charge on any atom is -0.397 e. The van der Waals surface area contributed by atoms with Gasteiger partial charge in [-0.3, -0.25) is 4.79 Å². The van der Waals surface area contributed by atoms with Crippen molar-refractivity contribution in [1.29, 1.82) is 5.26 Å². The van der Waals surface area contributed by atoms with Crippen LogP contribution in [0.1, 0.15) is 40.6 Å². The number of hydrogen-bond acceptors (Lipinski definition) is 7. The van der Waals surface area contributed by atoms with E-state index in [0.29, 0.717) is 32.9 Å². The van der Waals surface area contributed by atoms with Gasteiger partial charge in [-0.05, 0) is 30.4 Å². The first-order valence-corrected chi connectivity index (χ1v) is 10.8. The summed E-state index contributed by atoms with van der Waals surface area (Å²) in [6, 6.07) is 10.1. The number of carbonyl (C=O) groups excluding carboxylic acids is 1. The van der Waals surface area contributed by atoms with Gasteiger partial charge >= 0.3 is 0 Å². The maximum atomic E-state index is 12.8. The quantitative estimate of drug-likeness (QED) is 0.579. The average Bonchev–Trinajstić information content (AvgIpc) is 3.39. The molecule has 1 unspecified atom stereocenters. The average molecular weight is 422 g/mol. The van der Waals surface area contributed by atoms with E-state index in [4.69, 9.17) is 16.2 Å². The van der Waals surface area contributed by atoms with Crippen LogP contribution in [0.3, 0.4) is 0 Å². The first kappa shape index (κ1) is 20.1. The molecule has 1 aliphatic rings. The lowest BCUT2D eigenvalue weighted by atomic mass is 9.96. The summed E-state index contributed by atoms with van der Waals surface area (Å²) in [6.07, 6.45) is 2.89. The Balaban J connectivity index is 1.79. The lowest BCUT2D eigenvalue weighted by Gasteiger charge is -2.11. The second-order valence-electron chi connectivity index (χ2n) is 7.28. The summed E-state index contributed by atoms with van der Waals surface area (Å²) < 4.78 is 5.56. The first-order chi connectivity index (χ1) is 14.5. The number of ether oxygens (including phenoxy) is 1. The topological polar surface area (TPSA) is 127 Å². The number of nitrogens with zero attached hydrogens (tertiary/aromatic N) is 2. The van der Waals surface area contributed by atoms with E-state index in [1.807, 2.05) is 24.3 Å². The third kappa shape index (κ3) is 3.58. The van der Waals surface area contributed by atoms with Gasteiger partial charge in [0, 0.05) is 24.1 Å². The van der Waals surface area contributed by atoms with Gasteiger partial charge < -0.3 is 21.5 Å².